The molecule has 0 bridgehead atoms. The monoisotopic (exact) mass is 351 g/mol. The third-order valence-electron chi connectivity index (χ3n) is 4.74. The average Bonchev–Trinajstić information content (AvgIpc) is 3.16. The van der Waals surface area contributed by atoms with Crippen molar-refractivity contribution < 1.29 is 4.99 Å². The van der Waals surface area contributed by atoms with Crippen LogP contribution in [0.4, 0.5) is 11.4 Å². The van der Waals surface area contributed by atoms with Gasteiger partial charge in [-0.15, -0.1) is 0 Å². The molecular formula is C25H23N2+. The van der Waals surface area contributed by atoms with Gasteiger partial charge in [-0.05, 0) is 41.7 Å². The third kappa shape index (κ3) is 4.24. The second-order valence-electron chi connectivity index (χ2n) is 6.60. The summed E-state index contributed by atoms with van der Waals surface area (Å²) in [5.74, 6) is 0. The predicted molar refractivity (Wildman–Crippen MR) is 114 cm³/mol. The first-order valence-electron chi connectivity index (χ1n) is 9.34. The maximum absolute atomic E-state index is 3.45. The van der Waals surface area contributed by atoms with E-state index in [0.29, 0.717) is 0 Å². The van der Waals surface area contributed by atoms with Gasteiger partial charge in [-0.2, -0.15) is 0 Å². The number of nitrogens with one attached hydrogen (secondary N) is 2. The van der Waals surface area contributed by atoms with Gasteiger partial charge in [-0.3, -0.25) is 0 Å². The van der Waals surface area contributed by atoms with Crippen LogP contribution in [-0.4, -0.2) is 6.21 Å². The zero-order chi connectivity index (χ0) is 18.3. The van der Waals surface area contributed by atoms with Crippen molar-refractivity contribution in [2.24, 2.45) is 0 Å². The Morgan fingerprint density at radius 3 is 2.04 bits per heavy atom. The number of para-hydroxylation sites is 2. The van der Waals surface area contributed by atoms with E-state index in [-0.39, 0.29) is 0 Å². The lowest BCUT2D eigenvalue weighted by molar-refractivity contribution is -0.347. The van der Waals surface area contributed by atoms with E-state index in [0.717, 1.165) is 24.2 Å². The van der Waals surface area contributed by atoms with Crippen LogP contribution in [0.15, 0.2) is 108 Å². The van der Waals surface area contributed by atoms with Crippen molar-refractivity contribution in [1.29, 1.82) is 0 Å². The van der Waals surface area contributed by atoms with Gasteiger partial charge in [0, 0.05) is 29.6 Å². The molecule has 27 heavy (non-hydrogen) atoms. The Morgan fingerprint density at radius 2 is 1.33 bits per heavy atom. The molecule has 0 saturated heterocycles. The summed E-state index contributed by atoms with van der Waals surface area (Å²) in [4.78, 5) is 3.45. The zero-order valence-corrected chi connectivity index (χ0v) is 15.2. The molecule has 0 unspecified atom stereocenters. The molecule has 4 rings (SSSR count). The molecule has 2 N–H and O–H groups in total. The summed E-state index contributed by atoms with van der Waals surface area (Å²) in [6.07, 6.45) is 6.38. The number of hydrogen-bond acceptors (Lipinski definition) is 1. The summed E-state index contributed by atoms with van der Waals surface area (Å²) in [6.45, 7) is 0. The van der Waals surface area contributed by atoms with Crippen molar-refractivity contribution in [1.82, 2.24) is 0 Å². The molecule has 1 aliphatic rings. The van der Waals surface area contributed by atoms with E-state index in [9.17, 15) is 0 Å². The molecule has 0 atom stereocenters. The highest BCUT2D eigenvalue weighted by molar-refractivity contribution is 5.97. The molecule has 0 radical (unpaired) electrons. The average molecular weight is 351 g/mol. The fourth-order valence-electron chi connectivity index (χ4n) is 3.40. The van der Waals surface area contributed by atoms with Crippen LogP contribution in [-0.2, 0) is 0 Å². The Labute approximate surface area is 160 Å². The number of anilines is 1. The Morgan fingerprint density at radius 1 is 0.704 bits per heavy atom. The van der Waals surface area contributed by atoms with Crippen LogP contribution in [0.5, 0.6) is 0 Å². The van der Waals surface area contributed by atoms with Crippen molar-refractivity contribution in [3.8, 4) is 0 Å². The molecule has 132 valence electrons. The molecule has 0 saturated carbocycles. The van der Waals surface area contributed by atoms with E-state index >= 15 is 0 Å². The summed E-state index contributed by atoms with van der Waals surface area (Å²) in [7, 11) is 0. The highest BCUT2D eigenvalue weighted by Crippen LogP contribution is 2.37. The molecular weight excluding hydrogens is 328 g/mol. The van der Waals surface area contributed by atoms with Gasteiger partial charge < -0.3 is 5.32 Å². The van der Waals surface area contributed by atoms with Crippen LogP contribution in [0.3, 0.4) is 0 Å². The molecule has 1 aliphatic carbocycles. The van der Waals surface area contributed by atoms with Gasteiger partial charge in [0.15, 0.2) is 6.21 Å². The first kappa shape index (κ1) is 17.0. The lowest BCUT2D eigenvalue weighted by Crippen LogP contribution is -2.61. The lowest BCUT2D eigenvalue weighted by atomic mass is 9.99. The number of allylic oxidation sites excluding steroid dienone is 3. The molecule has 0 fully saturated rings. The minimum Gasteiger partial charge on any atom is -0.361 e. The van der Waals surface area contributed by atoms with E-state index in [1.165, 1.54) is 22.3 Å². The smallest absolute Gasteiger partial charge is 0.203 e. The predicted octanol–water partition coefficient (Wildman–Crippen LogP) is 4.71. The number of benzene rings is 3. The van der Waals surface area contributed by atoms with Crippen LogP contribution in [0.2, 0.25) is 0 Å². The molecule has 2 nitrogen and oxygen atoms in total. The quantitative estimate of drug-likeness (QED) is 0.640. The molecule has 0 heterocycles. The van der Waals surface area contributed by atoms with Crippen molar-refractivity contribution in [3.63, 3.8) is 0 Å². The van der Waals surface area contributed by atoms with Gasteiger partial charge in [-0.1, -0.05) is 66.7 Å². The Hall–Kier alpha value is -3.39. The Bertz CT molecular complexity index is 969. The highest BCUT2D eigenvalue weighted by Gasteiger charge is 2.21. The topological polar surface area (TPSA) is 26.0 Å². The van der Waals surface area contributed by atoms with Crippen LogP contribution < -0.4 is 10.3 Å². The second-order valence-corrected chi connectivity index (χ2v) is 6.60. The van der Waals surface area contributed by atoms with Crippen molar-refractivity contribution in [2.75, 3.05) is 5.32 Å². The Balaban J connectivity index is 1.68. The fraction of sp³-hybridized carbons (Fsp3) is 0.0800. The maximum atomic E-state index is 3.45. The van der Waals surface area contributed by atoms with Crippen molar-refractivity contribution >= 4 is 23.2 Å². The lowest BCUT2D eigenvalue weighted by Gasteiger charge is -2.08. The van der Waals surface area contributed by atoms with Crippen LogP contribution >= 0.6 is 0 Å². The fourth-order valence-corrected chi connectivity index (χ4v) is 3.40. The van der Waals surface area contributed by atoms with Gasteiger partial charge in [0.2, 0.25) is 5.69 Å². The van der Waals surface area contributed by atoms with Gasteiger partial charge in [0.05, 0.1) is 0 Å². The number of rotatable bonds is 5. The first-order valence-corrected chi connectivity index (χ1v) is 9.34. The van der Waals surface area contributed by atoms with E-state index in [4.69, 9.17) is 0 Å². The van der Waals surface area contributed by atoms with Gasteiger partial charge >= 0.3 is 0 Å². The van der Waals surface area contributed by atoms with E-state index < -0.39 is 0 Å². The van der Waals surface area contributed by atoms with Crippen molar-refractivity contribution in [2.45, 2.75) is 12.8 Å². The first-order chi connectivity index (χ1) is 13.4. The van der Waals surface area contributed by atoms with Gasteiger partial charge in [0.25, 0.3) is 0 Å². The molecule has 3 aromatic rings. The standard InChI is InChI=1S/C25H22N2/c1-4-10-20(11-5-1)25-21(18-26-23-12-6-2-7-13-23)16-17-22(25)19-27-24-14-8-3-9-15-24/h1-15,18-19,26H,16-17H2/p+1. The van der Waals surface area contributed by atoms with Gasteiger partial charge in [-0.25, -0.2) is 4.99 Å². The molecule has 2 heteroatoms. The summed E-state index contributed by atoms with van der Waals surface area (Å²) >= 11 is 0. The van der Waals surface area contributed by atoms with Gasteiger partial charge in [0.1, 0.15) is 0 Å². The van der Waals surface area contributed by atoms with E-state index in [2.05, 4.69) is 77.3 Å². The summed E-state index contributed by atoms with van der Waals surface area (Å²) < 4.78 is 0. The van der Waals surface area contributed by atoms with Crippen LogP contribution in [0, 0.1) is 0 Å². The normalized spacial score (nSPS) is 15.6. The SMILES string of the molecule is C(=[NH+]c1ccccc1)C1=C(c2ccccc2)C(=CNc2ccccc2)CC1. The zero-order valence-electron chi connectivity index (χ0n) is 15.2. The molecule has 3 aromatic carbocycles. The van der Waals surface area contributed by atoms with Crippen molar-refractivity contribution in [3.05, 3.63) is 114 Å². The van der Waals surface area contributed by atoms with E-state index in [1.54, 1.807) is 0 Å². The van der Waals surface area contributed by atoms with Crippen LogP contribution in [0.1, 0.15) is 18.4 Å². The summed E-state index contributed by atoms with van der Waals surface area (Å²) in [6, 6.07) is 31.2. The molecule has 0 aliphatic heterocycles. The second kappa shape index (κ2) is 8.33. The summed E-state index contributed by atoms with van der Waals surface area (Å²) in [5, 5.41) is 3.45. The Kier molecular flexibility index (Phi) is 5.26. The van der Waals surface area contributed by atoms with Crippen LogP contribution in [0.25, 0.3) is 5.57 Å². The molecule has 0 spiro atoms. The van der Waals surface area contributed by atoms with E-state index in [1.807, 2.05) is 36.4 Å². The molecule has 0 amide bonds. The largest absolute Gasteiger partial charge is 0.361 e. The highest BCUT2D eigenvalue weighted by atomic mass is 14.8. The maximum Gasteiger partial charge on any atom is 0.203 e. The third-order valence-corrected chi connectivity index (χ3v) is 4.74. The summed E-state index contributed by atoms with van der Waals surface area (Å²) in [5.41, 5.74) is 7.48. The minimum absolute atomic E-state index is 1.03. The number of hydrogen-bond donors (Lipinski definition) is 2. The minimum atomic E-state index is 1.03. The molecule has 0 aromatic heterocycles.